The van der Waals surface area contributed by atoms with Crippen LogP contribution in [0.2, 0.25) is 0 Å². The fourth-order valence-corrected chi connectivity index (χ4v) is 9.86. The number of benzene rings is 3. The monoisotopic (exact) mass is 985 g/mol. The molecule has 0 saturated carbocycles. The van der Waals surface area contributed by atoms with Gasteiger partial charge >= 0.3 is 0 Å². The number of halogens is 1. The maximum Gasteiger partial charge on any atom is 0.255 e. The van der Waals surface area contributed by atoms with E-state index in [0.29, 0.717) is 37.3 Å². The van der Waals surface area contributed by atoms with Gasteiger partial charge in [-0.05, 0) is 115 Å². The highest BCUT2D eigenvalue weighted by Crippen LogP contribution is 2.35. The maximum atomic E-state index is 13.3. The molecular weight excluding hydrogens is 930 g/mol. The third-order valence-electron chi connectivity index (χ3n) is 13.1. The number of aliphatic hydroxyl groups is 4. The summed E-state index contributed by atoms with van der Waals surface area (Å²) in [5, 5.41) is 57.7. The van der Waals surface area contributed by atoms with Crippen molar-refractivity contribution in [3.05, 3.63) is 161 Å². The fraction of sp³-hybridized carbons (Fsp3) is 0.346. The molecule has 2 amide bonds. The topological polar surface area (TPSA) is 222 Å². The summed E-state index contributed by atoms with van der Waals surface area (Å²) in [5.74, 6) is -3.24. The molecular formula is C52H56FN9O8S. The van der Waals surface area contributed by atoms with Crippen LogP contribution in [0.25, 0.3) is 17.1 Å². The molecule has 9 rings (SSSR count). The largest absolute Gasteiger partial charge is 0.382 e. The van der Waals surface area contributed by atoms with Crippen LogP contribution in [0.1, 0.15) is 98.1 Å². The molecule has 0 spiro atoms. The van der Waals surface area contributed by atoms with Crippen molar-refractivity contribution in [2.24, 2.45) is 0 Å². The van der Waals surface area contributed by atoms with Gasteiger partial charge in [0.15, 0.2) is 23.8 Å². The van der Waals surface area contributed by atoms with Crippen molar-refractivity contribution in [3.63, 3.8) is 0 Å². The van der Waals surface area contributed by atoms with E-state index >= 15 is 0 Å². The first-order valence-corrected chi connectivity index (χ1v) is 24.4. The number of carbonyl (C=O) groups excluding carboxylic acids is 4. The standard InChI is InChI=1S/C29H30FN5O4.C23H26N4O4S/c1-19(20-5-9-22(10-6-20)34-16-3-14-31-34)18-26(36)27(37)28(38)29(39)33-15-2-4-25(33)24-13-17-35(32-24)23-11-7-21(30)8-12-23;1-15(16-5-7-17(8-6-16)27-12-3-9-25-27)14-19(28)20(29)21(30)23(31)26-11-2-4-18(26)22-24-10-13-32-22/h3,5-14,16-17,19,25,27-28,37-38H,2,4,15,18H2,1H3;3,5-10,12-13,15,18,20-21,29-30H,2,4,11,14H2,1H3/t19-,25+,27-,28+;15-,18?,20-,21+/m00/s1. The van der Waals surface area contributed by atoms with Crippen molar-refractivity contribution in [3.8, 4) is 17.1 Å². The zero-order valence-corrected chi connectivity index (χ0v) is 40.0. The van der Waals surface area contributed by atoms with Crippen LogP contribution in [0.15, 0.2) is 134 Å². The van der Waals surface area contributed by atoms with Gasteiger partial charge in [-0.2, -0.15) is 15.3 Å². The van der Waals surface area contributed by atoms with E-state index in [4.69, 9.17) is 0 Å². The number of likely N-dealkylation sites (tertiary alicyclic amines) is 2. The Morgan fingerprint density at radius 1 is 0.606 bits per heavy atom. The Morgan fingerprint density at radius 2 is 1.07 bits per heavy atom. The molecule has 0 aliphatic carbocycles. The van der Waals surface area contributed by atoms with Crippen LogP contribution < -0.4 is 0 Å². The highest BCUT2D eigenvalue weighted by Gasteiger charge is 2.41. The molecule has 8 atom stereocenters. The number of aliphatic hydroxyl groups excluding tert-OH is 4. The van der Waals surface area contributed by atoms with Crippen LogP contribution in [0.4, 0.5) is 4.39 Å². The quantitative estimate of drug-likeness (QED) is 0.0848. The predicted molar refractivity (Wildman–Crippen MR) is 260 cm³/mol. The van der Waals surface area contributed by atoms with E-state index in [0.717, 1.165) is 40.4 Å². The van der Waals surface area contributed by atoms with Gasteiger partial charge in [0.25, 0.3) is 11.8 Å². The summed E-state index contributed by atoms with van der Waals surface area (Å²) in [4.78, 5) is 58.8. The van der Waals surface area contributed by atoms with Gasteiger partial charge in [-0.15, -0.1) is 11.3 Å². The van der Waals surface area contributed by atoms with Crippen molar-refractivity contribution >= 4 is 34.7 Å². The Kier molecular flexibility index (Phi) is 16.2. The summed E-state index contributed by atoms with van der Waals surface area (Å²) in [5.41, 5.74) is 4.88. The average molecular weight is 986 g/mol. The van der Waals surface area contributed by atoms with E-state index in [1.54, 1.807) is 57.0 Å². The van der Waals surface area contributed by atoms with E-state index in [2.05, 4.69) is 20.3 Å². The van der Waals surface area contributed by atoms with Crippen molar-refractivity contribution in [1.29, 1.82) is 0 Å². The van der Waals surface area contributed by atoms with Crippen LogP contribution in [-0.4, -0.2) is 125 Å². The van der Waals surface area contributed by atoms with Gasteiger partial charge in [0, 0.05) is 68.5 Å². The van der Waals surface area contributed by atoms with Crippen LogP contribution in [-0.2, 0) is 19.2 Å². The van der Waals surface area contributed by atoms with E-state index in [1.165, 1.54) is 33.3 Å². The zero-order chi connectivity index (χ0) is 50.2. The second-order valence-electron chi connectivity index (χ2n) is 17.9. The van der Waals surface area contributed by atoms with Crippen LogP contribution in [0.5, 0.6) is 0 Å². The lowest BCUT2D eigenvalue weighted by Crippen LogP contribution is -2.47. The maximum absolute atomic E-state index is 13.3. The number of aromatic nitrogens is 7. The number of carbonyl (C=O) groups is 4. The Bertz CT molecular complexity index is 2840. The highest BCUT2D eigenvalue weighted by molar-refractivity contribution is 7.09. The lowest BCUT2D eigenvalue weighted by atomic mass is 9.92. The minimum Gasteiger partial charge on any atom is -0.382 e. The molecule has 3 aromatic carbocycles. The number of nitrogens with zero attached hydrogens (tertiary/aromatic N) is 9. The molecule has 4 aromatic heterocycles. The number of ketones is 2. The third-order valence-corrected chi connectivity index (χ3v) is 14.0. The molecule has 2 fully saturated rings. The van der Waals surface area contributed by atoms with Crippen molar-refractivity contribution in [2.45, 2.75) is 101 Å². The molecule has 6 heterocycles. The summed E-state index contributed by atoms with van der Waals surface area (Å²) >= 11 is 1.45. The predicted octanol–water partition coefficient (Wildman–Crippen LogP) is 5.82. The normalized spacial score (nSPS) is 18.2. The number of amides is 2. The van der Waals surface area contributed by atoms with Crippen molar-refractivity contribution in [1.82, 2.24) is 44.1 Å². The second-order valence-corrected chi connectivity index (χ2v) is 18.8. The SMILES string of the molecule is C[C@@H](CC(=O)[C@H](O)[C@@H](O)C(=O)N1CCCC1c1nccs1)c1ccc(-n2cccn2)cc1.C[C@@H](CC(=O)[C@H](O)[C@@H](O)C(=O)N1CCC[C@@H]1c1ccn(-c2ccc(F)cc2)n1)c1ccc(-n2cccn2)cc1. The molecule has 2 saturated heterocycles. The molecule has 0 bridgehead atoms. The summed E-state index contributed by atoms with van der Waals surface area (Å²) in [6.07, 6.45) is 6.08. The van der Waals surface area contributed by atoms with Crippen molar-refractivity contribution in [2.75, 3.05) is 13.1 Å². The van der Waals surface area contributed by atoms with Crippen molar-refractivity contribution < 1.29 is 44.0 Å². The summed E-state index contributed by atoms with van der Waals surface area (Å²) < 4.78 is 18.3. The number of hydrogen-bond acceptors (Lipinski definition) is 13. The Hall–Kier alpha value is -7.03. The molecule has 370 valence electrons. The number of rotatable bonds is 17. The van der Waals surface area contributed by atoms with Crippen LogP contribution in [0, 0.1) is 5.82 Å². The third kappa shape index (κ3) is 11.8. The molecule has 2 aliphatic heterocycles. The van der Waals surface area contributed by atoms with Crippen LogP contribution >= 0.6 is 11.3 Å². The van der Waals surface area contributed by atoms with Gasteiger partial charge in [0.05, 0.1) is 34.8 Å². The first-order chi connectivity index (χ1) is 34.3. The highest BCUT2D eigenvalue weighted by atomic mass is 32.1. The molecule has 71 heavy (non-hydrogen) atoms. The molecule has 19 heteroatoms. The first-order valence-electron chi connectivity index (χ1n) is 23.6. The van der Waals surface area contributed by atoms with Gasteiger partial charge in [-0.25, -0.2) is 23.4 Å². The minimum atomic E-state index is -1.87. The number of thiazole rings is 1. The second kappa shape index (κ2) is 22.8. The summed E-state index contributed by atoms with van der Waals surface area (Å²) in [6, 6.07) is 25.9. The number of Topliss-reactive ketones (excluding diaryl/α,β-unsaturated/α-hetero) is 2. The van der Waals surface area contributed by atoms with Gasteiger partial charge in [-0.1, -0.05) is 38.1 Å². The molecule has 2 aliphatic rings. The number of hydrogen-bond donors (Lipinski definition) is 4. The average Bonchev–Trinajstić information content (AvgIpc) is 4.25. The Morgan fingerprint density at radius 3 is 1.54 bits per heavy atom. The molecule has 0 radical (unpaired) electrons. The molecule has 17 nitrogen and oxygen atoms in total. The van der Waals surface area contributed by atoms with Gasteiger partial charge < -0.3 is 30.2 Å². The fourth-order valence-electron chi connectivity index (χ4n) is 9.07. The first kappa shape index (κ1) is 50.4. The molecule has 4 N–H and O–H groups in total. The van der Waals surface area contributed by atoms with Gasteiger partial charge in [0.1, 0.15) is 23.0 Å². The summed E-state index contributed by atoms with van der Waals surface area (Å²) in [7, 11) is 0. The van der Waals surface area contributed by atoms with E-state index in [1.807, 2.05) is 92.3 Å². The summed E-state index contributed by atoms with van der Waals surface area (Å²) in [6.45, 7) is 4.58. The zero-order valence-electron chi connectivity index (χ0n) is 39.2. The van der Waals surface area contributed by atoms with E-state index in [-0.39, 0.29) is 36.5 Å². The molecule has 7 aromatic rings. The minimum absolute atomic E-state index is 0.0164. The lowest BCUT2D eigenvalue weighted by molar-refractivity contribution is -0.153. The Balaban J connectivity index is 0.000000194. The van der Waals surface area contributed by atoms with Gasteiger partial charge in [0.2, 0.25) is 0 Å². The van der Waals surface area contributed by atoms with Crippen LogP contribution in [0.3, 0.4) is 0 Å². The smallest absolute Gasteiger partial charge is 0.255 e. The van der Waals surface area contributed by atoms with E-state index < -0.39 is 53.8 Å². The molecule has 1 unspecified atom stereocenters. The van der Waals surface area contributed by atoms with E-state index in [9.17, 15) is 44.0 Å². The Labute approximate surface area is 413 Å². The lowest BCUT2D eigenvalue weighted by Gasteiger charge is -2.27. The van der Waals surface area contributed by atoms with Gasteiger partial charge in [-0.3, -0.25) is 19.2 Å².